The van der Waals surface area contributed by atoms with Crippen molar-refractivity contribution in [2.75, 3.05) is 31.2 Å². The SMILES string of the molecule is O=C(O)C(F)F.O=C(O)c1ccc(-c2cnc(N3CCOCC3)c3nc(/C=C/c4ccc5ccccc5n4)cn23)cc1. The number of benzene rings is 2. The van der Waals surface area contributed by atoms with Crippen molar-refractivity contribution in [1.82, 2.24) is 19.4 Å². The summed E-state index contributed by atoms with van der Waals surface area (Å²) in [7, 11) is 0. The first-order chi connectivity index (χ1) is 20.3. The molecular formula is C30H25F2N5O5. The monoisotopic (exact) mass is 573 g/mol. The number of aliphatic carboxylic acids is 1. The lowest BCUT2D eigenvalue weighted by molar-refractivity contribution is -0.149. The number of fused-ring (bicyclic) bond motifs is 2. The molecule has 2 N–H and O–H groups in total. The van der Waals surface area contributed by atoms with Crippen LogP contribution in [-0.4, -0.2) is 74.2 Å². The molecule has 6 rings (SSSR count). The van der Waals surface area contributed by atoms with Crippen molar-refractivity contribution in [3.63, 3.8) is 0 Å². The van der Waals surface area contributed by atoms with Gasteiger partial charge < -0.3 is 19.8 Å². The Labute approximate surface area is 238 Å². The molecule has 3 aromatic heterocycles. The van der Waals surface area contributed by atoms with Gasteiger partial charge in [-0.2, -0.15) is 8.78 Å². The van der Waals surface area contributed by atoms with Gasteiger partial charge in [-0.1, -0.05) is 36.4 Å². The average molecular weight is 574 g/mol. The van der Waals surface area contributed by atoms with E-state index in [0.29, 0.717) is 13.2 Å². The molecule has 0 spiro atoms. The van der Waals surface area contributed by atoms with Crippen LogP contribution in [0.2, 0.25) is 0 Å². The molecule has 4 heterocycles. The number of pyridine rings is 1. The number of carboxylic acid groups (broad SMARTS) is 2. The molecule has 42 heavy (non-hydrogen) atoms. The second kappa shape index (κ2) is 12.5. The molecule has 2 aromatic carbocycles. The molecule has 0 unspecified atom stereocenters. The Kier molecular flexibility index (Phi) is 8.44. The van der Waals surface area contributed by atoms with E-state index in [-0.39, 0.29) is 5.56 Å². The quantitative estimate of drug-likeness (QED) is 0.289. The van der Waals surface area contributed by atoms with Gasteiger partial charge in [0.05, 0.1) is 47.6 Å². The van der Waals surface area contributed by atoms with E-state index in [0.717, 1.165) is 58.1 Å². The van der Waals surface area contributed by atoms with Crippen LogP contribution in [-0.2, 0) is 9.53 Å². The molecule has 214 valence electrons. The zero-order valence-corrected chi connectivity index (χ0v) is 22.1. The number of anilines is 1. The predicted molar refractivity (Wildman–Crippen MR) is 153 cm³/mol. The van der Waals surface area contributed by atoms with Gasteiger partial charge in [-0.25, -0.2) is 24.5 Å². The molecule has 1 aliphatic heterocycles. The summed E-state index contributed by atoms with van der Waals surface area (Å²) < 4.78 is 28.6. The minimum Gasteiger partial charge on any atom is -0.478 e. The summed E-state index contributed by atoms with van der Waals surface area (Å²) in [6.45, 7) is 2.78. The number of nitrogens with zero attached hydrogens (tertiary/aromatic N) is 5. The number of hydrogen-bond acceptors (Lipinski definition) is 7. The second-order valence-corrected chi connectivity index (χ2v) is 9.21. The summed E-state index contributed by atoms with van der Waals surface area (Å²) >= 11 is 0. The Morgan fingerprint density at radius 2 is 1.60 bits per heavy atom. The molecule has 5 aromatic rings. The second-order valence-electron chi connectivity index (χ2n) is 9.21. The number of para-hydroxylation sites is 1. The maximum absolute atomic E-state index is 11.3. The van der Waals surface area contributed by atoms with Crippen LogP contribution in [0.5, 0.6) is 0 Å². The number of aromatic nitrogens is 4. The molecule has 0 bridgehead atoms. The van der Waals surface area contributed by atoms with Gasteiger partial charge in [-0.3, -0.25) is 4.40 Å². The van der Waals surface area contributed by atoms with Gasteiger partial charge in [0.1, 0.15) is 0 Å². The van der Waals surface area contributed by atoms with Gasteiger partial charge in [0.15, 0.2) is 11.5 Å². The lowest BCUT2D eigenvalue weighted by Gasteiger charge is -2.28. The first-order valence-corrected chi connectivity index (χ1v) is 12.9. The van der Waals surface area contributed by atoms with E-state index >= 15 is 0 Å². The maximum Gasteiger partial charge on any atom is 0.371 e. The average Bonchev–Trinajstić information content (AvgIpc) is 3.44. The van der Waals surface area contributed by atoms with Gasteiger partial charge >= 0.3 is 18.4 Å². The van der Waals surface area contributed by atoms with E-state index in [2.05, 4.69) is 11.0 Å². The number of imidazole rings is 1. The van der Waals surface area contributed by atoms with Crippen LogP contribution >= 0.6 is 0 Å². The number of halogens is 2. The molecule has 1 fully saturated rings. The van der Waals surface area contributed by atoms with Crippen LogP contribution in [0.25, 0.3) is 40.0 Å². The smallest absolute Gasteiger partial charge is 0.371 e. The van der Waals surface area contributed by atoms with Gasteiger partial charge in [-0.05, 0) is 36.4 Å². The highest BCUT2D eigenvalue weighted by molar-refractivity contribution is 5.88. The standard InChI is InChI=1S/C28H23N5O3.C2H2F2O2/c34-28(35)21-7-5-20(6-8-21)25-17-29-26(32-13-15-36-16-14-32)27-31-23(18-33(25)27)12-11-22-10-9-19-3-1-2-4-24(19)30-22;3-1(4)2(5)6/h1-12,17-18H,13-16H2,(H,34,35);1H,(H,5,6)/b12-11+;. The Morgan fingerprint density at radius 1 is 0.905 bits per heavy atom. The van der Waals surface area contributed by atoms with Crippen molar-refractivity contribution in [3.8, 4) is 11.3 Å². The Balaban J connectivity index is 0.000000535. The fourth-order valence-corrected chi connectivity index (χ4v) is 4.40. The van der Waals surface area contributed by atoms with Crippen molar-refractivity contribution >= 4 is 46.5 Å². The summed E-state index contributed by atoms with van der Waals surface area (Å²) in [6, 6.07) is 18.9. The summed E-state index contributed by atoms with van der Waals surface area (Å²) in [4.78, 5) is 36.8. The van der Waals surface area contributed by atoms with Crippen molar-refractivity contribution < 1.29 is 33.3 Å². The highest BCUT2D eigenvalue weighted by Gasteiger charge is 2.19. The molecule has 1 aliphatic rings. The third-order valence-corrected chi connectivity index (χ3v) is 6.46. The predicted octanol–water partition coefficient (Wildman–Crippen LogP) is 4.99. The first-order valence-electron chi connectivity index (χ1n) is 12.9. The number of rotatable bonds is 6. The molecule has 0 amide bonds. The number of carboxylic acids is 2. The number of morpholine rings is 1. The Bertz CT molecular complexity index is 1770. The van der Waals surface area contributed by atoms with E-state index in [1.807, 2.05) is 59.3 Å². The topological polar surface area (TPSA) is 130 Å². The molecule has 0 atom stereocenters. The normalized spacial score (nSPS) is 13.5. The highest BCUT2D eigenvalue weighted by atomic mass is 19.3. The Morgan fingerprint density at radius 3 is 2.29 bits per heavy atom. The number of ether oxygens (including phenoxy) is 1. The third-order valence-electron chi connectivity index (χ3n) is 6.46. The van der Waals surface area contributed by atoms with Gasteiger partial charge in [-0.15, -0.1) is 0 Å². The summed E-state index contributed by atoms with van der Waals surface area (Å²) in [6.07, 6.45) is 4.46. The molecule has 1 saturated heterocycles. The zero-order chi connectivity index (χ0) is 29.6. The fraction of sp³-hybridized carbons (Fsp3) is 0.167. The Hall–Kier alpha value is -5.23. The van der Waals surface area contributed by atoms with Crippen LogP contribution in [0.4, 0.5) is 14.6 Å². The molecule has 0 saturated carbocycles. The van der Waals surface area contributed by atoms with E-state index in [1.165, 1.54) is 0 Å². The van der Waals surface area contributed by atoms with Crippen LogP contribution < -0.4 is 4.90 Å². The van der Waals surface area contributed by atoms with Gasteiger partial charge in [0.2, 0.25) is 0 Å². The molecule has 12 heteroatoms. The molecule has 0 radical (unpaired) electrons. The summed E-state index contributed by atoms with van der Waals surface area (Å²) in [5, 5.41) is 17.6. The van der Waals surface area contributed by atoms with Crippen LogP contribution in [0.15, 0.2) is 73.1 Å². The van der Waals surface area contributed by atoms with E-state index in [4.69, 9.17) is 29.6 Å². The number of aromatic carboxylic acids is 1. The number of carbonyl (C=O) groups is 2. The van der Waals surface area contributed by atoms with Crippen LogP contribution in [0.3, 0.4) is 0 Å². The van der Waals surface area contributed by atoms with E-state index < -0.39 is 18.4 Å². The van der Waals surface area contributed by atoms with Crippen molar-refractivity contribution in [2.45, 2.75) is 6.43 Å². The van der Waals surface area contributed by atoms with Gasteiger partial charge in [0.25, 0.3) is 0 Å². The lowest BCUT2D eigenvalue weighted by Crippen LogP contribution is -2.37. The highest BCUT2D eigenvalue weighted by Crippen LogP contribution is 2.28. The largest absolute Gasteiger partial charge is 0.478 e. The van der Waals surface area contributed by atoms with Crippen LogP contribution in [0, 0.1) is 0 Å². The zero-order valence-electron chi connectivity index (χ0n) is 22.1. The van der Waals surface area contributed by atoms with Gasteiger partial charge in [0, 0.05) is 30.2 Å². The summed E-state index contributed by atoms with van der Waals surface area (Å²) in [5.74, 6) is -2.23. The molecule has 10 nitrogen and oxygen atoms in total. The van der Waals surface area contributed by atoms with E-state index in [9.17, 15) is 18.7 Å². The number of alkyl halides is 2. The fourth-order valence-electron chi connectivity index (χ4n) is 4.40. The third kappa shape index (κ3) is 6.39. The van der Waals surface area contributed by atoms with Crippen LogP contribution in [0.1, 0.15) is 21.7 Å². The lowest BCUT2D eigenvalue weighted by atomic mass is 10.1. The first kappa shape index (κ1) is 28.3. The number of hydrogen-bond donors (Lipinski definition) is 2. The molecular weight excluding hydrogens is 548 g/mol. The van der Waals surface area contributed by atoms with Crippen molar-refractivity contribution in [1.29, 1.82) is 0 Å². The molecule has 0 aliphatic carbocycles. The van der Waals surface area contributed by atoms with E-state index in [1.54, 1.807) is 24.3 Å². The minimum absolute atomic E-state index is 0.241. The van der Waals surface area contributed by atoms with Crippen molar-refractivity contribution in [2.24, 2.45) is 0 Å². The van der Waals surface area contributed by atoms with Crippen molar-refractivity contribution in [3.05, 3.63) is 90.0 Å². The minimum atomic E-state index is -3.23. The summed E-state index contributed by atoms with van der Waals surface area (Å²) in [5.41, 5.74) is 5.23. The maximum atomic E-state index is 11.3.